The van der Waals surface area contributed by atoms with Crippen LogP contribution in [-0.2, 0) is 11.2 Å². The van der Waals surface area contributed by atoms with Crippen LogP contribution < -0.4 is 11.3 Å². The molecule has 3 N–H and O–H groups in total. The molecule has 3 nitrogen and oxygen atoms in total. The molecule has 1 unspecified atom stereocenters. The smallest absolute Gasteiger partial charge is 0.124 e. The van der Waals surface area contributed by atoms with Gasteiger partial charge in [0.05, 0.1) is 12.2 Å². The molecule has 1 aromatic rings. The summed E-state index contributed by atoms with van der Waals surface area (Å²) in [6.07, 6.45) is 0.674. The Morgan fingerprint density at radius 1 is 1.44 bits per heavy atom. The highest BCUT2D eigenvalue weighted by molar-refractivity contribution is 9.10. The Labute approximate surface area is 116 Å². The first-order valence-electron chi connectivity index (χ1n) is 5.86. The van der Waals surface area contributed by atoms with Crippen molar-refractivity contribution in [1.29, 1.82) is 0 Å². The molecule has 1 atom stereocenters. The van der Waals surface area contributed by atoms with Crippen LogP contribution in [-0.4, -0.2) is 18.2 Å². The van der Waals surface area contributed by atoms with Crippen molar-refractivity contribution in [2.45, 2.75) is 38.8 Å². The summed E-state index contributed by atoms with van der Waals surface area (Å²) in [5, 5.41) is 0. The van der Waals surface area contributed by atoms with Gasteiger partial charge in [-0.05, 0) is 44.9 Å². The van der Waals surface area contributed by atoms with Crippen LogP contribution in [0.15, 0.2) is 22.7 Å². The van der Waals surface area contributed by atoms with Crippen LogP contribution in [0.2, 0.25) is 0 Å². The Hall–Kier alpha value is -0.490. The number of halogens is 2. The largest absolute Gasteiger partial charge is 0.374 e. The molecule has 0 aliphatic rings. The number of hydrogen-bond acceptors (Lipinski definition) is 3. The van der Waals surface area contributed by atoms with Gasteiger partial charge in [-0.1, -0.05) is 22.0 Å². The summed E-state index contributed by atoms with van der Waals surface area (Å²) in [4.78, 5) is 0. The molecule has 0 aromatic heterocycles. The molecule has 0 saturated heterocycles. The third-order valence-electron chi connectivity index (χ3n) is 2.43. The zero-order valence-electron chi connectivity index (χ0n) is 11.0. The van der Waals surface area contributed by atoms with Gasteiger partial charge >= 0.3 is 0 Å². The SMILES string of the molecule is CC(C)(C)OCC(Cc1ccc(F)cc1Br)NN. The number of nitrogens with two attached hydrogens (primary N) is 1. The fourth-order valence-electron chi connectivity index (χ4n) is 1.47. The molecule has 0 aliphatic heterocycles. The summed E-state index contributed by atoms with van der Waals surface area (Å²) < 4.78 is 19.4. The molecule has 0 amide bonds. The minimum Gasteiger partial charge on any atom is -0.374 e. The minimum atomic E-state index is -0.256. The van der Waals surface area contributed by atoms with Gasteiger partial charge in [0.15, 0.2) is 0 Å². The second kappa shape index (κ2) is 6.61. The first kappa shape index (κ1) is 15.6. The van der Waals surface area contributed by atoms with E-state index < -0.39 is 0 Å². The maximum Gasteiger partial charge on any atom is 0.124 e. The van der Waals surface area contributed by atoms with Crippen molar-refractivity contribution in [3.05, 3.63) is 34.1 Å². The molecule has 0 spiro atoms. The third-order valence-corrected chi connectivity index (χ3v) is 3.17. The molecule has 0 fully saturated rings. The lowest BCUT2D eigenvalue weighted by atomic mass is 10.1. The minimum absolute atomic E-state index is 0.00835. The van der Waals surface area contributed by atoms with Gasteiger partial charge in [0.1, 0.15) is 5.82 Å². The van der Waals surface area contributed by atoms with E-state index >= 15 is 0 Å². The van der Waals surface area contributed by atoms with Crippen molar-refractivity contribution in [2.75, 3.05) is 6.61 Å². The lowest BCUT2D eigenvalue weighted by Crippen LogP contribution is -2.42. The molecule has 1 aromatic carbocycles. The number of ether oxygens (including phenoxy) is 1. The van der Waals surface area contributed by atoms with Crippen molar-refractivity contribution in [3.8, 4) is 0 Å². The zero-order chi connectivity index (χ0) is 13.8. The van der Waals surface area contributed by atoms with Gasteiger partial charge in [-0.15, -0.1) is 0 Å². The number of hydrazine groups is 1. The number of hydrogen-bond donors (Lipinski definition) is 2. The molecule has 5 heteroatoms. The van der Waals surface area contributed by atoms with Gasteiger partial charge in [-0.25, -0.2) is 4.39 Å². The van der Waals surface area contributed by atoms with Crippen LogP contribution in [0.25, 0.3) is 0 Å². The van der Waals surface area contributed by atoms with Gasteiger partial charge < -0.3 is 4.74 Å². The topological polar surface area (TPSA) is 47.3 Å². The summed E-state index contributed by atoms with van der Waals surface area (Å²) in [5.41, 5.74) is 3.52. The van der Waals surface area contributed by atoms with E-state index in [0.717, 1.165) is 10.0 Å². The van der Waals surface area contributed by atoms with E-state index in [-0.39, 0.29) is 17.5 Å². The Kier molecular flexibility index (Phi) is 5.72. The highest BCUT2D eigenvalue weighted by Gasteiger charge is 2.16. The summed E-state index contributed by atoms with van der Waals surface area (Å²) in [7, 11) is 0. The van der Waals surface area contributed by atoms with E-state index in [0.29, 0.717) is 13.0 Å². The average molecular weight is 319 g/mol. The highest BCUT2D eigenvalue weighted by atomic mass is 79.9. The predicted molar refractivity (Wildman–Crippen MR) is 74.6 cm³/mol. The molecule has 1 rings (SSSR count). The van der Waals surface area contributed by atoms with Crippen LogP contribution in [0.3, 0.4) is 0 Å². The van der Waals surface area contributed by atoms with Crippen LogP contribution in [0.1, 0.15) is 26.3 Å². The number of rotatable bonds is 5. The summed E-state index contributed by atoms with van der Waals surface area (Å²) >= 11 is 3.35. The summed E-state index contributed by atoms with van der Waals surface area (Å²) in [6, 6.07) is 4.64. The van der Waals surface area contributed by atoms with Gasteiger partial charge in [0.25, 0.3) is 0 Å². The molecular formula is C13H20BrFN2O. The Morgan fingerprint density at radius 3 is 2.61 bits per heavy atom. The molecule has 0 radical (unpaired) electrons. The molecule has 18 heavy (non-hydrogen) atoms. The zero-order valence-corrected chi connectivity index (χ0v) is 12.6. The van der Waals surface area contributed by atoms with Gasteiger partial charge in [0, 0.05) is 10.5 Å². The molecule has 0 saturated carbocycles. The van der Waals surface area contributed by atoms with Crippen molar-refractivity contribution < 1.29 is 9.13 Å². The quantitative estimate of drug-likeness (QED) is 0.648. The maximum absolute atomic E-state index is 13.0. The van der Waals surface area contributed by atoms with Crippen molar-refractivity contribution in [2.24, 2.45) is 5.84 Å². The number of benzene rings is 1. The van der Waals surface area contributed by atoms with Gasteiger partial charge in [-0.2, -0.15) is 0 Å². The standard InChI is InChI=1S/C13H20BrFN2O/c1-13(2,3)18-8-11(17-16)6-9-4-5-10(15)7-12(9)14/h4-5,7,11,17H,6,8,16H2,1-3H3. The van der Waals surface area contributed by atoms with Gasteiger partial charge in [0.2, 0.25) is 0 Å². The van der Waals surface area contributed by atoms with E-state index in [4.69, 9.17) is 10.6 Å². The highest BCUT2D eigenvalue weighted by Crippen LogP contribution is 2.20. The van der Waals surface area contributed by atoms with Crippen LogP contribution in [0.4, 0.5) is 4.39 Å². The molecule has 0 aliphatic carbocycles. The Bertz CT molecular complexity index is 393. The summed E-state index contributed by atoms with van der Waals surface area (Å²) in [6.45, 7) is 6.49. The van der Waals surface area contributed by atoms with Crippen molar-refractivity contribution >= 4 is 15.9 Å². The second-order valence-corrected chi connectivity index (χ2v) is 6.08. The lowest BCUT2D eigenvalue weighted by Gasteiger charge is -2.24. The summed E-state index contributed by atoms with van der Waals surface area (Å²) in [5.74, 6) is 5.25. The average Bonchev–Trinajstić information content (AvgIpc) is 2.25. The monoisotopic (exact) mass is 318 g/mol. The lowest BCUT2D eigenvalue weighted by molar-refractivity contribution is -0.0143. The van der Waals surface area contributed by atoms with Crippen molar-refractivity contribution in [1.82, 2.24) is 5.43 Å². The van der Waals surface area contributed by atoms with E-state index in [1.54, 1.807) is 6.07 Å². The fourth-order valence-corrected chi connectivity index (χ4v) is 1.98. The van der Waals surface area contributed by atoms with E-state index in [1.165, 1.54) is 12.1 Å². The van der Waals surface area contributed by atoms with E-state index in [1.807, 2.05) is 20.8 Å². The second-order valence-electron chi connectivity index (χ2n) is 5.23. The molecular weight excluding hydrogens is 299 g/mol. The third kappa shape index (κ3) is 5.44. The van der Waals surface area contributed by atoms with Crippen LogP contribution >= 0.6 is 15.9 Å². The fraction of sp³-hybridized carbons (Fsp3) is 0.538. The van der Waals surface area contributed by atoms with Crippen LogP contribution in [0, 0.1) is 5.82 Å². The Balaban J connectivity index is 2.62. The van der Waals surface area contributed by atoms with Gasteiger partial charge in [-0.3, -0.25) is 11.3 Å². The molecule has 102 valence electrons. The first-order chi connectivity index (χ1) is 8.31. The van der Waals surface area contributed by atoms with Crippen molar-refractivity contribution in [3.63, 3.8) is 0 Å². The predicted octanol–water partition coefficient (Wildman–Crippen LogP) is 2.78. The Morgan fingerprint density at radius 2 is 2.11 bits per heavy atom. The first-order valence-corrected chi connectivity index (χ1v) is 6.65. The number of nitrogens with one attached hydrogen (secondary N) is 1. The van der Waals surface area contributed by atoms with E-state index in [2.05, 4.69) is 21.4 Å². The molecule has 0 heterocycles. The van der Waals surface area contributed by atoms with E-state index in [9.17, 15) is 4.39 Å². The maximum atomic E-state index is 13.0. The normalized spacial score (nSPS) is 13.7. The molecule has 0 bridgehead atoms. The van der Waals surface area contributed by atoms with Crippen LogP contribution in [0.5, 0.6) is 0 Å².